The lowest BCUT2D eigenvalue weighted by molar-refractivity contribution is 0.114. The van der Waals surface area contributed by atoms with Crippen molar-refractivity contribution in [1.82, 2.24) is 5.32 Å². The van der Waals surface area contributed by atoms with Crippen LogP contribution in [0.3, 0.4) is 0 Å². The predicted molar refractivity (Wildman–Crippen MR) is 65.5 cm³/mol. The highest BCUT2D eigenvalue weighted by Crippen LogP contribution is 2.22. The van der Waals surface area contributed by atoms with Crippen LogP contribution in [0.1, 0.15) is 25.5 Å². The van der Waals surface area contributed by atoms with Crippen LogP contribution in [0.4, 0.5) is 0 Å². The van der Waals surface area contributed by atoms with Gasteiger partial charge in [-0.15, -0.1) is 0 Å². The van der Waals surface area contributed by atoms with Crippen molar-refractivity contribution in [2.24, 2.45) is 0 Å². The second-order valence-corrected chi connectivity index (χ2v) is 6.92. The zero-order valence-corrected chi connectivity index (χ0v) is 10.8. The maximum atomic E-state index is 11.9. The summed E-state index contributed by atoms with van der Waals surface area (Å²) in [6, 6.07) is 6.97. The van der Waals surface area contributed by atoms with Crippen molar-refractivity contribution in [3.8, 4) is 0 Å². The van der Waals surface area contributed by atoms with Crippen molar-refractivity contribution >= 4 is 9.84 Å². The molecular formula is C12H17NO3S. The summed E-state index contributed by atoms with van der Waals surface area (Å²) in [5.41, 5.74) is 1.01. The minimum atomic E-state index is -3.17. The van der Waals surface area contributed by atoms with Crippen molar-refractivity contribution in [2.45, 2.75) is 30.1 Å². The van der Waals surface area contributed by atoms with Gasteiger partial charge >= 0.3 is 0 Å². The molecule has 1 unspecified atom stereocenters. The number of benzene rings is 1. The van der Waals surface area contributed by atoms with Crippen molar-refractivity contribution in [2.75, 3.05) is 13.3 Å². The van der Waals surface area contributed by atoms with E-state index in [0.717, 1.165) is 12.1 Å². The zero-order valence-electron chi connectivity index (χ0n) is 10.0. The van der Waals surface area contributed by atoms with Crippen molar-refractivity contribution in [3.05, 3.63) is 29.8 Å². The molecule has 1 saturated heterocycles. The van der Waals surface area contributed by atoms with Gasteiger partial charge in [0.15, 0.2) is 9.84 Å². The summed E-state index contributed by atoms with van der Waals surface area (Å²) in [5.74, 6) is 0. The molecule has 1 aliphatic heterocycles. The van der Waals surface area contributed by atoms with E-state index in [1.165, 1.54) is 0 Å². The first-order valence-electron chi connectivity index (χ1n) is 5.68. The molecule has 0 aliphatic carbocycles. The maximum Gasteiger partial charge on any atom is 0.180 e. The quantitative estimate of drug-likeness (QED) is 0.889. The summed E-state index contributed by atoms with van der Waals surface area (Å²) in [5, 5.41) is 2.70. The monoisotopic (exact) mass is 255 g/mol. The Hall–Kier alpha value is -0.910. The molecular weight excluding hydrogens is 238 g/mol. The molecule has 1 aromatic rings. The highest BCUT2D eigenvalue weighted by atomic mass is 32.2. The molecule has 1 atom stereocenters. The van der Waals surface area contributed by atoms with Crippen LogP contribution in [-0.2, 0) is 14.6 Å². The minimum Gasteiger partial charge on any atom is -0.357 e. The molecule has 17 heavy (non-hydrogen) atoms. The number of ether oxygens (including phenoxy) is 1. The van der Waals surface area contributed by atoms with Gasteiger partial charge < -0.3 is 4.74 Å². The Morgan fingerprint density at radius 1 is 1.29 bits per heavy atom. The summed E-state index contributed by atoms with van der Waals surface area (Å²) >= 11 is 0. The number of hydrogen-bond acceptors (Lipinski definition) is 4. The first-order valence-corrected chi connectivity index (χ1v) is 7.22. The predicted octanol–water partition coefficient (Wildman–Crippen LogP) is 1.49. The van der Waals surface area contributed by atoms with Gasteiger partial charge in [-0.25, -0.2) is 8.42 Å². The fourth-order valence-electron chi connectivity index (χ4n) is 1.77. The van der Waals surface area contributed by atoms with Crippen LogP contribution in [0.2, 0.25) is 0 Å². The van der Waals surface area contributed by atoms with Crippen LogP contribution in [-0.4, -0.2) is 26.9 Å². The molecule has 0 spiro atoms. The summed E-state index contributed by atoms with van der Waals surface area (Å²) in [7, 11) is -3.17. The van der Waals surface area contributed by atoms with Gasteiger partial charge in [-0.2, -0.15) is 0 Å². The molecule has 2 rings (SSSR count). The Bertz CT molecular complexity index is 473. The Morgan fingerprint density at radius 2 is 1.94 bits per heavy atom. The van der Waals surface area contributed by atoms with E-state index in [9.17, 15) is 8.42 Å². The number of sulfone groups is 1. The average Bonchev–Trinajstić information content (AvgIpc) is 2.82. The van der Waals surface area contributed by atoms with Crippen LogP contribution < -0.4 is 5.32 Å². The average molecular weight is 255 g/mol. The van der Waals surface area contributed by atoms with E-state index in [2.05, 4.69) is 5.32 Å². The summed E-state index contributed by atoms with van der Waals surface area (Å²) < 4.78 is 29.3. The van der Waals surface area contributed by atoms with Crippen LogP contribution >= 0.6 is 0 Å². The van der Waals surface area contributed by atoms with E-state index in [1.54, 1.807) is 26.0 Å². The molecule has 4 nitrogen and oxygen atoms in total. The van der Waals surface area contributed by atoms with Crippen LogP contribution in [0.15, 0.2) is 29.2 Å². The molecule has 1 aromatic carbocycles. The summed E-state index contributed by atoms with van der Waals surface area (Å²) in [6.45, 7) is 4.70. The molecule has 0 radical (unpaired) electrons. The normalized spacial score (nSPS) is 21.0. The van der Waals surface area contributed by atoms with Gasteiger partial charge in [-0.1, -0.05) is 12.1 Å². The molecule has 5 heteroatoms. The fourth-order valence-corrected chi connectivity index (χ4v) is 2.83. The van der Waals surface area contributed by atoms with Gasteiger partial charge in [0.1, 0.15) is 0 Å². The van der Waals surface area contributed by atoms with Gasteiger partial charge in [0.25, 0.3) is 0 Å². The fraction of sp³-hybridized carbons (Fsp3) is 0.500. The Labute approximate surface area is 102 Å². The molecule has 0 amide bonds. The van der Waals surface area contributed by atoms with Gasteiger partial charge in [0.2, 0.25) is 0 Å². The smallest absolute Gasteiger partial charge is 0.180 e. The maximum absolute atomic E-state index is 11.9. The first kappa shape index (κ1) is 12.5. The number of nitrogens with one attached hydrogen (secondary N) is 1. The summed E-state index contributed by atoms with van der Waals surface area (Å²) in [4.78, 5) is 0.377. The van der Waals surface area contributed by atoms with E-state index in [0.29, 0.717) is 11.6 Å². The molecule has 1 aliphatic rings. The van der Waals surface area contributed by atoms with Crippen LogP contribution in [0.25, 0.3) is 0 Å². The highest BCUT2D eigenvalue weighted by molar-refractivity contribution is 7.92. The third kappa shape index (κ3) is 2.51. The van der Waals surface area contributed by atoms with E-state index in [4.69, 9.17) is 4.74 Å². The lowest BCUT2D eigenvalue weighted by Crippen LogP contribution is -2.14. The SMILES string of the molecule is CC(C)S(=O)(=O)c1ccc(C2CNCO2)cc1. The molecule has 1 fully saturated rings. The van der Waals surface area contributed by atoms with E-state index in [-0.39, 0.29) is 6.10 Å². The molecule has 1 N–H and O–H groups in total. The third-order valence-electron chi connectivity index (χ3n) is 2.92. The zero-order chi connectivity index (χ0) is 12.5. The van der Waals surface area contributed by atoms with Gasteiger partial charge in [-0.05, 0) is 31.5 Å². The largest absolute Gasteiger partial charge is 0.357 e. The Kier molecular flexibility index (Phi) is 3.51. The molecule has 94 valence electrons. The lowest BCUT2D eigenvalue weighted by atomic mass is 10.1. The molecule has 0 bridgehead atoms. The van der Waals surface area contributed by atoms with Crippen LogP contribution in [0, 0.1) is 0 Å². The van der Waals surface area contributed by atoms with Crippen molar-refractivity contribution in [3.63, 3.8) is 0 Å². The minimum absolute atomic E-state index is 0.0332. The second kappa shape index (κ2) is 4.76. The number of rotatable bonds is 3. The topological polar surface area (TPSA) is 55.4 Å². The van der Waals surface area contributed by atoms with E-state index in [1.807, 2.05) is 12.1 Å². The van der Waals surface area contributed by atoms with Crippen molar-refractivity contribution in [1.29, 1.82) is 0 Å². The van der Waals surface area contributed by atoms with Crippen LogP contribution in [0.5, 0.6) is 0 Å². The standard InChI is InChI=1S/C12H17NO3S/c1-9(2)17(14,15)11-5-3-10(4-6-11)12-7-13-8-16-12/h3-6,9,12-13H,7-8H2,1-2H3. The molecule has 1 heterocycles. The highest BCUT2D eigenvalue weighted by Gasteiger charge is 2.21. The second-order valence-electron chi connectivity index (χ2n) is 4.42. The first-order chi connectivity index (χ1) is 8.01. The molecule has 0 aromatic heterocycles. The summed E-state index contributed by atoms with van der Waals surface area (Å²) in [6.07, 6.45) is 0.0332. The van der Waals surface area contributed by atoms with Crippen molar-refractivity contribution < 1.29 is 13.2 Å². The Morgan fingerprint density at radius 3 is 2.41 bits per heavy atom. The van der Waals surface area contributed by atoms with Gasteiger partial charge in [0, 0.05) is 6.54 Å². The number of hydrogen-bond donors (Lipinski definition) is 1. The van der Waals surface area contributed by atoms with Gasteiger partial charge in [0.05, 0.1) is 23.0 Å². The third-order valence-corrected chi connectivity index (χ3v) is 5.09. The molecule has 0 saturated carbocycles. The van der Waals surface area contributed by atoms with E-state index < -0.39 is 15.1 Å². The lowest BCUT2D eigenvalue weighted by Gasteiger charge is -2.11. The Balaban J connectivity index is 2.24. The van der Waals surface area contributed by atoms with E-state index >= 15 is 0 Å². The van der Waals surface area contributed by atoms with Gasteiger partial charge in [-0.3, -0.25) is 5.32 Å².